The molecule has 0 atom stereocenters. The van der Waals surface area contributed by atoms with Gasteiger partial charge in [-0.05, 0) is 43.5 Å². The zero-order valence-electron chi connectivity index (χ0n) is 15.7. The molecule has 2 aromatic carbocycles. The van der Waals surface area contributed by atoms with E-state index in [2.05, 4.69) is 9.97 Å². The van der Waals surface area contributed by atoms with Crippen LogP contribution in [0.2, 0.25) is 0 Å². The summed E-state index contributed by atoms with van der Waals surface area (Å²) < 4.78 is 45.5. The number of ether oxygens (including phenoxy) is 1. The fourth-order valence-corrected chi connectivity index (χ4v) is 3.25. The van der Waals surface area contributed by atoms with Crippen LogP contribution in [0.5, 0.6) is 11.6 Å². The Bertz CT molecular complexity index is 972. The van der Waals surface area contributed by atoms with E-state index in [0.29, 0.717) is 11.5 Å². The molecule has 0 bridgehead atoms. The van der Waals surface area contributed by atoms with Crippen molar-refractivity contribution in [2.45, 2.75) is 37.9 Å². The summed E-state index contributed by atoms with van der Waals surface area (Å²) >= 11 is 1.14. The quantitative estimate of drug-likeness (QED) is 0.359. The number of benzene rings is 2. The molecule has 3 rings (SSSR count). The van der Waals surface area contributed by atoms with Crippen LogP contribution in [0.25, 0.3) is 0 Å². The molecule has 0 radical (unpaired) electrons. The summed E-state index contributed by atoms with van der Waals surface area (Å²) in [7, 11) is 0. The van der Waals surface area contributed by atoms with Gasteiger partial charge in [-0.15, -0.1) is 0 Å². The molecule has 28 heavy (non-hydrogen) atoms. The van der Waals surface area contributed by atoms with Gasteiger partial charge in [0.25, 0.3) is 0 Å². The lowest BCUT2D eigenvalue weighted by Crippen LogP contribution is -2.10. The third-order valence-corrected chi connectivity index (χ3v) is 5.15. The molecule has 0 unspecified atom stereocenters. The number of thioether (sulfide) groups is 1. The van der Waals surface area contributed by atoms with Crippen molar-refractivity contribution in [3.63, 3.8) is 0 Å². The van der Waals surface area contributed by atoms with Gasteiger partial charge in [-0.2, -0.15) is 18.2 Å². The van der Waals surface area contributed by atoms with Gasteiger partial charge in [-0.25, -0.2) is 4.98 Å². The minimum absolute atomic E-state index is 0.0238. The fraction of sp³-hybridized carbons (Fsp3) is 0.238. The second kappa shape index (κ2) is 8.22. The van der Waals surface area contributed by atoms with Crippen molar-refractivity contribution in [3.05, 3.63) is 76.5 Å². The number of nitrogens with zero attached hydrogens (tertiary/aromatic N) is 2. The Kier molecular flexibility index (Phi) is 5.93. The van der Waals surface area contributed by atoms with E-state index in [1.54, 1.807) is 12.1 Å². The summed E-state index contributed by atoms with van der Waals surface area (Å²) in [6.45, 7) is 5.74. The van der Waals surface area contributed by atoms with Crippen LogP contribution in [-0.4, -0.2) is 9.97 Å². The molecule has 3 aromatic rings. The summed E-state index contributed by atoms with van der Waals surface area (Å²) in [6, 6.07) is 14.0. The van der Waals surface area contributed by atoms with Crippen LogP contribution in [0.4, 0.5) is 13.2 Å². The van der Waals surface area contributed by atoms with Crippen molar-refractivity contribution in [1.82, 2.24) is 9.97 Å². The Morgan fingerprint density at radius 2 is 1.68 bits per heavy atom. The summed E-state index contributed by atoms with van der Waals surface area (Å²) in [5.41, 5.74) is 2.91. The average Bonchev–Trinajstić information content (AvgIpc) is 2.64. The van der Waals surface area contributed by atoms with E-state index in [9.17, 15) is 13.2 Å². The molecule has 146 valence electrons. The van der Waals surface area contributed by atoms with Gasteiger partial charge in [0.15, 0.2) is 10.9 Å². The smallest absolute Gasteiger partial charge is 0.433 e. The second-order valence-electron chi connectivity index (χ2n) is 6.45. The lowest BCUT2D eigenvalue weighted by molar-refractivity contribution is -0.141. The number of aromatic nitrogens is 2. The van der Waals surface area contributed by atoms with E-state index >= 15 is 0 Å². The standard InChI is InChI=1S/C21H19F3N2OS/c1-13-7-9-16(10-8-13)12-28-20-25-18(21(22,23)24)11-19(26-20)27-17-6-4-5-14(2)15(17)3/h4-11H,12H2,1-3H3. The molecule has 0 N–H and O–H groups in total. The van der Waals surface area contributed by atoms with Crippen LogP contribution in [0, 0.1) is 20.8 Å². The van der Waals surface area contributed by atoms with Gasteiger partial charge in [-0.3, -0.25) is 0 Å². The van der Waals surface area contributed by atoms with E-state index in [1.807, 2.05) is 51.1 Å². The Labute approximate surface area is 166 Å². The van der Waals surface area contributed by atoms with Crippen LogP contribution >= 0.6 is 11.8 Å². The highest BCUT2D eigenvalue weighted by Crippen LogP contribution is 2.34. The number of halogens is 3. The molecular formula is C21H19F3N2OS. The molecule has 3 nitrogen and oxygen atoms in total. The molecule has 0 saturated heterocycles. The van der Waals surface area contributed by atoms with Crippen LogP contribution in [0.1, 0.15) is 27.9 Å². The molecule has 0 amide bonds. The number of hydrogen-bond acceptors (Lipinski definition) is 4. The van der Waals surface area contributed by atoms with E-state index in [1.165, 1.54) is 0 Å². The number of rotatable bonds is 5. The third-order valence-electron chi connectivity index (χ3n) is 4.23. The number of aryl methyl sites for hydroxylation is 2. The molecule has 0 aliphatic heterocycles. The van der Waals surface area contributed by atoms with E-state index < -0.39 is 11.9 Å². The van der Waals surface area contributed by atoms with Crippen molar-refractivity contribution < 1.29 is 17.9 Å². The Hall–Kier alpha value is -2.54. The largest absolute Gasteiger partial charge is 0.439 e. The van der Waals surface area contributed by atoms with E-state index in [0.717, 1.165) is 40.1 Å². The molecule has 1 heterocycles. The van der Waals surface area contributed by atoms with Gasteiger partial charge >= 0.3 is 6.18 Å². The van der Waals surface area contributed by atoms with E-state index in [4.69, 9.17) is 4.74 Å². The topological polar surface area (TPSA) is 35.0 Å². The normalized spacial score (nSPS) is 11.5. The first-order valence-corrected chi connectivity index (χ1v) is 9.59. The van der Waals surface area contributed by atoms with Crippen molar-refractivity contribution in [3.8, 4) is 11.6 Å². The summed E-state index contributed by atoms with van der Waals surface area (Å²) in [5, 5.41) is 0.0238. The molecule has 7 heteroatoms. The zero-order chi connectivity index (χ0) is 20.3. The molecular weight excluding hydrogens is 385 g/mol. The van der Waals surface area contributed by atoms with Crippen molar-refractivity contribution in [2.24, 2.45) is 0 Å². The fourth-order valence-electron chi connectivity index (χ4n) is 2.45. The average molecular weight is 404 g/mol. The van der Waals surface area contributed by atoms with Crippen molar-refractivity contribution in [2.75, 3.05) is 0 Å². The van der Waals surface area contributed by atoms with Gasteiger partial charge in [0.2, 0.25) is 5.88 Å². The first kappa shape index (κ1) is 20.2. The highest BCUT2D eigenvalue weighted by atomic mass is 32.2. The molecule has 0 saturated carbocycles. The van der Waals surface area contributed by atoms with Crippen LogP contribution in [0.15, 0.2) is 53.7 Å². The maximum absolute atomic E-state index is 13.3. The Morgan fingerprint density at radius 1 is 0.964 bits per heavy atom. The Morgan fingerprint density at radius 3 is 2.36 bits per heavy atom. The second-order valence-corrected chi connectivity index (χ2v) is 7.39. The maximum atomic E-state index is 13.3. The monoisotopic (exact) mass is 404 g/mol. The minimum atomic E-state index is -4.58. The van der Waals surface area contributed by atoms with Gasteiger partial charge in [0, 0.05) is 11.8 Å². The molecule has 0 aliphatic carbocycles. The highest BCUT2D eigenvalue weighted by Gasteiger charge is 2.34. The summed E-state index contributed by atoms with van der Waals surface area (Å²) in [6.07, 6.45) is -4.58. The minimum Gasteiger partial charge on any atom is -0.439 e. The van der Waals surface area contributed by atoms with Crippen molar-refractivity contribution >= 4 is 11.8 Å². The van der Waals surface area contributed by atoms with Gasteiger partial charge in [0.1, 0.15) is 5.75 Å². The van der Waals surface area contributed by atoms with Gasteiger partial charge in [0.05, 0.1) is 0 Å². The SMILES string of the molecule is Cc1ccc(CSc2nc(Oc3cccc(C)c3C)cc(C(F)(F)F)n2)cc1. The molecule has 0 aliphatic rings. The van der Waals surface area contributed by atoms with Crippen LogP contribution < -0.4 is 4.74 Å². The molecule has 0 spiro atoms. The first-order valence-electron chi connectivity index (χ1n) is 8.61. The molecule has 1 aromatic heterocycles. The lowest BCUT2D eigenvalue weighted by atomic mass is 10.1. The predicted molar refractivity (Wildman–Crippen MR) is 104 cm³/mol. The predicted octanol–water partition coefficient (Wildman–Crippen LogP) is 6.51. The highest BCUT2D eigenvalue weighted by molar-refractivity contribution is 7.98. The Balaban J connectivity index is 1.88. The van der Waals surface area contributed by atoms with Crippen LogP contribution in [0.3, 0.4) is 0 Å². The van der Waals surface area contributed by atoms with E-state index in [-0.39, 0.29) is 11.0 Å². The molecule has 0 fully saturated rings. The third kappa shape index (κ3) is 5.04. The lowest BCUT2D eigenvalue weighted by Gasteiger charge is -2.13. The maximum Gasteiger partial charge on any atom is 0.433 e. The van der Waals surface area contributed by atoms with Gasteiger partial charge in [-0.1, -0.05) is 53.7 Å². The summed E-state index contributed by atoms with van der Waals surface area (Å²) in [5.74, 6) is 0.813. The number of hydrogen-bond donors (Lipinski definition) is 0. The van der Waals surface area contributed by atoms with Crippen molar-refractivity contribution in [1.29, 1.82) is 0 Å². The van der Waals surface area contributed by atoms with Gasteiger partial charge < -0.3 is 4.74 Å². The summed E-state index contributed by atoms with van der Waals surface area (Å²) in [4.78, 5) is 7.84. The zero-order valence-corrected chi connectivity index (χ0v) is 16.5. The van der Waals surface area contributed by atoms with Crippen LogP contribution in [-0.2, 0) is 11.9 Å². The number of alkyl halides is 3. The first-order chi connectivity index (χ1) is 13.2.